The number of sulfone groups is 1. The first-order valence-electron chi connectivity index (χ1n) is 9.53. The fraction of sp³-hybridized carbons (Fsp3) is 0.500. The molecule has 1 unspecified atom stereocenters. The van der Waals surface area contributed by atoms with E-state index >= 15 is 0 Å². The smallest absolute Gasteiger partial charge is 0.253 e. The Morgan fingerprint density at radius 1 is 1.31 bits per heavy atom. The number of nitrogens with one attached hydrogen (secondary N) is 1. The zero-order valence-electron chi connectivity index (χ0n) is 16.2. The molecule has 0 saturated carbocycles. The zero-order chi connectivity index (χ0) is 20.9. The van der Waals surface area contributed by atoms with Crippen LogP contribution in [0.4, 0.5) is 5.69 Å². The van der Waals surface area contributed by atoms with Crippen LogP contribution >= 0.6 is 11.8 Å². The summed E-state index contributed by atoms with van der Waals surface area (Å²) in [5.74, 6) is 4.20. The van der Waals surface area contributed by atoms with Crippen LogP contribution in [-0.4, -0.2) is 85.3 Å². The molecule has 1 atom stereocenters. The van der Waals surface area contributed by atoms with E-state index in [1.807, 2.05) is 16.7 Å². The van der Waals surface area contributed by atoms with Crippen LogP contribution in [0.5, 0.6) is 0 Å². The quantitative estimate of drug-likeness (QED) is 0.669. The number of rotatable bonds is 6. The maximum absolute atomic E-state index is 12.7. The van der Waals surface area contributed by atoms with Gasteiger partial charge in [-0.05, 0) is 24.6 Å². The first-order valence-corrected chi connectivity index (χ1v) is 12.5. The highest BCUT2D eigenvalue weighted by Crippen LogP contribution is 2.19. The van der Waals surface area contributed by atoms with Gasteiger partial charge in [0.05, 0.1) is 24.6 Å². The number of hydrogen-bond donors (Lipinski definition) is 1. The van der Waals surface area contributed by atoms with Crippen LogP contribution < -0.4 is 5.32 Å². The van der Waals surface area contributed by atoms with Crippen molar-refractivity contribution in [2.45, 2.75) is 12.5 Å². The minimum atomic E-state index is -3.07. The monoisotopic (exact) mass is 435 g/mol. The van der Waals surface area contributed by atoms with Crippen LogP contribution in [0.3, 0.4) is 0 Å². The van der Waals surface area contributed by atoms with E-state index in [9.17, 15) is 18.0 Å². The number of thioether (sulfide) groups is 1. The molecule has 1 N–H and O–H groups in total. The van der Waals surface area contributed by atoms with Crippen LogP contribution in [0.1, 0.15) is 16.8 Å². The lowest BCUT2D eigenvalue weighted by Crippen LogP contribution is -2.41. The summed E-state index contributed by atoms with van der Waals surface area (Å²) >= 11 is 1.84. The van der Waals surface area contributed by atoms with Crippen molar-refractivity contribution in [3.63, 3.8) is 0 Å². The molecule has 2 fully saturated rings. The fourth-order valence-corrected chi connectivity index (χ4v) is 6.22. The molecule has 3 rings (SSSR count). The van der Waals surface area contributed by atoms with Crippen molar-refractivity contribution in [2.24, 2.45) is 0 Å². The highest BCUT2D eigenvalue weighted by Gasteiger charge is 2.32. The van der Waals surface area contributed by atoms with Gasteiger partial charge < -0.3 is 10.2 Å². The van der Waals surface area contributed by atoms with Crippen LogP contribution in [0.2, 0.25) is 0 Å². The number of benzene rings is 1. The number of carbonyl (C=O) groups excluding carboxylic acids is 2. The molecule has 7 nitrogen and oxygen atoms in total. The first kappa shape index (κ1) is 21.7. The summed E-state index contributed by atoms with van der Waals surface area (Å²) in [5, 5.41) is 2.80. The van der Waals surface area contributed by atoms with Crippen molar-refractivity contribution in [3.05, 3.63) is 29.8 Å². The zero-order valence-corrected chi connectivity index (χ0v) is 17.8. The summed E-state index contributed by atoms with van der Waals surface area (Å²) in [6.07, 6.45) is 5.88. The molecule has 0 spiro atoms. The average molecular weight is 436 g/mol. The molecule has 2 saturated heterocycles. The minimum absolute atomic E-state index is 0.00586. The maximum Gasteiger partial charge on any atom is 0.253 e. The van der Waals surface area contributed by atoms with E-state index in [-0.39, 0.29) is 42.5 Å². The molecule has 2 aliphatic heterocycles. The van der Waals surface area contributed by atoms with Gasteiger partial charge in [0.25, 0.3) is 5.91 Å². The highest BCUT2D eigenvalue weighted by molar-refractivity contribution is 7.99. The molecule has 156 valence electrons. The second kappa shape index (κ2) is 9.65. The predicted molar refractivity (Wildman–Crippen MR) is 116 cm³/mol. The second-order valence-electron chi connectivity index (χ2n) is 7.20. The lowest BCUT2D eigenvalue weighted by molar-refractivity contribution is -0.117. The van der Waals surface area contributed by atoms with E-state index in [1.54, 1.807) is 29.2 Å². The van der Waals surface area contributed by atoms with Crippen LogP contribution in [-0.2, 0) is 14.6 Å². The summed E-state index contributed by atoms with van der Waals surface area (Å²) in [5.41, 5.74) is 1.07. The Hall–Kier alpha value is -2.02. The van der Waals surface area contributed by atoms with Gasteiger partial charge in [0.1, 0.15) is 0 Å². The lowest BCUT2D eigenvalue weighted by atomic mass is 10.1. The van der Waals surface area contributed by atoms with Crippen molar-refractivity contribution in [1.29, 1.82) is 0 Å². The van der Waals surface area contributed by atoms with Gasteiger partial charge >= 0.3 is 0 Å². The van der Waals surface area contributed by atoms with Gasteiger partial charge in [-0.15, -0.1) is 6.42 Å². The molecule has 0 aliphatic carbocycles. The van der Waals surface area contributed by atoms with Crippen molar-refractivity contribution in [1.82, 2.24) is 9.80 Å². The van der Waals surface area contributed by atoms with Crippen molar-refractivity contribution in [3.8, 4) is 12.3 Å². The molecule has 2 aliphatic rings. The highest BCUT2D eigenvalue weighted by atomic mass is 32.2. The summed E-state index contributed by atoms with van der Waals surface area (Å²) in [7, 11) is -3.07. The molecule has 0 aromatic heterocycles. The normalized spacial score (nSPS) is 21.0. The van der Waals surface area contributed by atoms with Gasteiger partial charge in [-0.2, -0.15) is 11.8 Å². The Morgan fingerprint density at radius 3 is 2.72 bits per heavy atom. The molecule has 2 heterocycles. The maximum atomic E-state index is 12.7. The van der Waals surface area contributed by atoms with E-state index in [1.165, 1.54) is 0 Å². The Bertz CT molecular complexity index is 905. The minimum Gasteiger partial charge on any atom is -0.337 e. The number of carbonyl (C=O) groups is 2. The standard InChI is InChI=1S/C20H25N3O4S2/c1-2-7-23(18-6-12-29(26,27)15-18)14-19(24)21-17-5-3-4-16(13-17)20(25)22-8-10-28-11-9-22/h1,3-5,13,18H,6-12,14-15H2,(H,21,24). The van der Waals surface area contributed by atoms with E-state index in [0.717, 1.165) is 24.6 Å². The molecular weight excluding hydrogens is 410 g/mol. The van der Waals surface area contributed by atoms with Crippen LogP contribution in [0.25, 0.3) is 0 Å². The summed E-state index contributed by atoms with van der Waals surface area (Å²) in [6.45, 7) is 1.67. The van der Waals surface area contributed by atoms with E-state index < -0.39 is 9.84 Å². The van der Waals surface area contributed by atoms with Crippen LogP contribution in [0.15, 0.2) is 24.3 Å². The number of hydrogen-bond acceptors (Lipinski definition) is 6. The Labute approximate surface area is 176 Å². The molecule has 2 amide bonds. The third-order valence-electron chi connectivity index (χ3n) is 5.06. The fourth-order valence-electron chi connectivity index (χ4n) is 3.56. The molecular formula is C20H25N3O4S2. The number of nitrogens with zero attached hydrogens (tertiary/aromatic N) is 2. The Morgan fingerprint density at radius 2 is 2.07 bits per heavy atom. The van der Waals surface area contributed by atoms with Crippen LogP contribution in [0, 0.1) is 12.3 Å². The Kier molecular flexibility index (Phi) is 7.22. The average Bonchev–Trinajstić information content (AvgIpc) is 3.07. The molecule has 1 aromatic rings. The summed E-state index contributed by atoms with van der Waals surface area (Å²) in [6, 6.07) is 6.64. The van der Waals surface area contributed by atoms with Gasteiger partial charge in [0, 0.05) is 41.9 Å². The van der Waals surface area contributed by atoms with E-state index in [4.69, 9.17) is 6.42 Å². The SMILES string of the molecule is C#CCN(CC(=O)Nc1cccc(C(=O)N2CCSCC2)c1)C1CCS(=O)(=O)C1. The van der Waals surface area contributed by atoms with Gasteiger partial charge in [0.15, 0.2) is 9.84 Å². The van der Waals surface area contributed by atoms with Gasteiger partial charge in [-0.1, -0.05) is 12.0 Å². The van der Waals surface area contributed by atoms with Crippen molar-refractivity contribution in [2.75, 3.05) is 54.5 Å². The van der Waals surface area contributed by atoms with Gasteiger partial charge in [-0.25, -0.2) is 8.42 Å². The molecule has 0 bridgehead atoms. The van der Waals surface area contributed by atoms with Gasteiger partial charge in [-0.3, -0.25) is 14.5 Å². The number of anilines is 1. The summed E-state index contributed by atoms with van der Waals surface area (Å²) < 4.78 is 23.5. The summed E-state index contributed by atoms with van der Waals surface area (Å²) in [4.78, 5) is 28.7. The molecule has 9 heteroatoms. The second-order valence-corrected chi connectivity index (χ2v) is 10.7. The largest absolute Gasteiger partial charge is 0.337 e. The topological polar surface area (TPSA) is 86.8 Å². The predicted octanol–water partition coefficient (Wildman–Crippen LogP) is 0.936. The lowest BCUT2D eigenvalue weighted by Gasteiger charge is -2.26. The third kappa shape index (κ3) is 5.98. The van der Waals surface area contributed by atoms with E-state index in [0.29, 0.717) is 17.7 Å². The Balaban J connectivity index is 1.62. The molecule has 29 heavy (non-hydrogen) atoms. The van der Waals surface area contributed by atoms with Gasteiger partial charge in [0.2, 0.25) is 5.91 Å². The van der Waals surface area contributed by atoms with E-state index in [2.05, 4.69) is 11.2 Å². The molecule has 0 radical (unpaired) electrons. The molecule has 1 aromatic carbocycles. The first-order chi connectivity index (χ1) is 13.9. The third-order valence-corrected chi connectivity index (χ3v) is 7.75. The van der Waals surface area contributed by atoms with Crippen molar-refractivity contribution < 1.29 is 18.0 Å². The number of amides is 2. The van der Waals surface area contributed by atoms with Crippen molar-refractivity contribution >= 4 is 39.1 Å². The number of terminal acetylenes is 1.